The number of unbranched alkanes of at least 4 members (excludes halogenated alkanes) is 2. The lowest BCUT2D eigenvalue weighted by molar-refractivity contribution is 0.0974. The van der Waals surface area contributed by atoms with E-state index in [-0.39, 0.29) is 17.0 Å². The highest BCUT2D eigenvalue weighted by atomic mass is 32.2. The van der Waals surface area contributed by atoms with Crippen LogP contribution in [-0.2, 0) is 11.8 Å². The van der Waals surface area contributed by atoms with Crippen LogP contribution in [0.3, 0.4) is 0 Å². The van der Waals surface area contributed by atoms with Gasteiger partial charge in [0.1, 0.15) is 0 Å². The van der Waals surface area contributed by atoms with Crippen molar-refractivity contribution in [2.75, 3.05) is 0 Å². The van der Waals surface area contributed by atoms with Crippen molar-refractivity contribution in [1.82, 2.24) is 0 Å². The van der Waals surface area contributed by atoms with E-state index in [2.05, 4.69) is 125 Å². The first kappa shape index (κ1) is 34.8. The number of carbonyl (C=O) groups is 2. The fraction of sp³-hybridized carbons (Fsp3) is 0.191. The largest absolute Gasteiger partial charge is 0.289 e. The Morgan fingerprint density at radius 3 is 1.33 bits per heavy atom. The van der Waals surface area contributed by atoms with Crippen LogP contribution in [0.25, 0.3) is 22.3 Å². The molecule has 0 amide bonds. The van der Waals surface area contributed by atoms with Gasteiger partial charge in [-0.05, 0) is 88.0 Å². The monoisotopic (exact) mass is 702 g/mol. The van der Waals surface area contributed by atoms with Crippen molar-refractivity contribution in [1.29, 1.82) is 0 Å². The highest BCUT2D eigenvalue weighted by Gasteiger charge is 2.33. The van der Waals surface area contributed by atoms with Gasteiger partial charge in [-0.25, -0.2) is 0 Å². The van der Waals surface area contributed by atoms with Gasteiger partial charge in [0.2, 0.25) is 0 Å². The van der Waals surface area contributed by atoms with Crippen LogP contribution in [0.15, 0.2) is 153 Å². The van der Waals surface area contributed by atoms with Crippen molar-refractivity contribution >= 4 is 35.1 Å². The first-order valence-electron chi connectivity index (χ1n) is 17.8. The predicted molar refractivity (Wildman–Crippen MR) is 214 cm³/mol. The number of carbonyl (C=O) groups excluding carboxylic acids is 2. The summed E-state index contributed by atoms with van der Waals surface area (Å²) in [6.07, 6.45) is 4.91. The fourth-order valence-electron chi connectivity index (χ4n) is 6.64. The molecule has 1 aliphatic rings. The molecule has 0 aromatic heterocycles. The molecule has 0 bridgehead atoms. The molecule has 0 fully saturated rings. The lowest BCUT2D eigenvalue weighted by Crippen LogP contribution is -2.22. The molecule has 6 aromatic rings. The van der Waals surface area contributed by atoms with Crippen molar-refractivity contribution in [3.8, 4) is 22.3 Å². The maximum Gasteiger partial charge on any atom is 0.195 e. The Hall–Kier alpha value is -4.64. The highest BCUT2D eigenvalue weighted by molar-refractivity contribution is 7.99. The third-order valence-corrected chi connectivity index (χ3v) is 11.7. The van der Waals surface area contributed by atoms with Crippen LogP contribution in [0.5, 0.6) is 0 Å². The second-order valence-electron chi connectivity index (χ2n) is 14.2. The number of hydrogen-bond donors (Lipinski definition) is 0. The smallest absolute Gasteiger partial charge is 0.195 e. The number of aryl methyl sites for hydroxylation is 1. The zero-order chi connectivity index (χ0) is 35.5. The van der Waals surface area contributed by atoms with Crippen LogP contribution in [0, 0.1) is 0 Å². The van der Waals surface area contributed by atoms with Gasteiger partial charge < -0.3 is 0 Å². The molecule has 254 valence electrons. The van der Waals surface area contributed by atoms with Crippen molar-refractivity contribution in [3.05, 3.63) is 167 Å². The third-order valence-electron chi connectivity index (χ3n) is 9.60. The van der Waals surface area contributed by atoms with E-state index in [4.69, 9.17) is 0 Å². The van der Waals surface area contributed by atoms with Gasteiger partial charge in [0, 0.05) is 41.8 Å². The fourth-order valence-corrected chi connectivity index (χ4v) is 8.59. The first-order valence-corrected chi connectivity index (χ1v) is 19.4. The molecule has 0 radical (unpaired) electrons. The summed E-state index contributed by atoms with van der Waals surface area (Å²) < 4.78 is 0. The van der Waals surface area contributed by atoms with Crippen LogP contribution >= 0.6 is 23.5 Å². The molecule has 51 heavy (non-hydrogen) atoms. The second kappa shape index (κ2) is 14.9. The molecule has 6 aromatic carbocycles. The van der Waals surface area contributed by atoms with Crippen molar-refractivity contribution in [2.24, 2.45) is 0 Å². The number of fused-ring (bicyclic) bond motifs is 2. The van der Waals surface area contributed by atoms with Gasteiger partial charge in [-0.3, -0.25) is 9.59 Å². The van der Waals surface area contributed by atoms with Crippen LogP contribution in [-0.4, -0.2) is 11.6 Å². The van der Waals surface area contributed by atoms with E-state index >= 15 is 0 Å². The normalized spacial score (nSPS) is 12.5. The Kier molecular flexibility index (Phi) is 10.2. The number of rotatable bonds is 10. The molecule has 0 saturated heterocycles. The van der Waals surface area contributed by atoms with Gasteiger partial charge in [0.25, 0.3) is 0 Å². The summed E-state index contributed by atoms with van der Waals surface area (Å²) in [6.45, 7) is 8.83. The average Bonchev–Trinajstić information content (AvgIpc) is 3.14. The van der Waals surface area contributed by atoms with E-state index < -0.39 is 0 Å². The molecule has 0 aliphatic heterocycles. The van der Waals surface area contributed by atoms with Crippen LogP contribution < -0.4 is 0 Å². The van der Waals surface area contributed by atoms with Crippen molar-refractivity contribution in [3.63, 3.8) is 0 Å². The SMILES string of the molecule is CCCCCc1ccc(-c2ccc(-c3ccc(Sc4cccc5c4C(=O)c4cccc(Sc6ccc(C(C)(C)C)cc6)c4C5=O)cc3)cc2)cc1. The zero-order valence-corrected chi connectivity index (χ0v) is 31.3. The first-order chi connectivity index (χ1) is 24.7. The molecule has 0 unspecified atom stereocenters. The highest BCUT2D eigenvalue weighted by Crippen LogP contribution is 2.42. The maximum absolute atomic E-state index is 14.1. The predicted octanol–water partition coefficient (Wildman–Crippen LogP) is 13.1. The summed E-state index contributed by atoms with van der Waals surface area (Å²) >= 11 is 3.06. The van der Waals surface area contributed by atoms with Gasteiger partial charge in [-0.2, -0.15) is 0 Å². The van der Waals surface area contributed by atoms with Gasteiger partial charge in [0.15, 0.2) is 11.6 Å². The Morgan fingerprint density at radius 2 is 0.902 bits per heavy atom. The Bertz CT molecular complexity index is 2190. The molecule has 0 N–H and O–H groups in total. The minimum atomic E-state index is -0.101. The molecular formula is C47H42O2S2. The molecule has 2 nitrogen and oxygen atoms in total. The topological polar surface area (TPSA) is 34.1 Å². The Morgan fingerprint density at radius 1 is 0.490 bits per heavy atom. The quantitative estimate of drug-likeness (QED) is 0.133. The zero-order valence-electron chi connectivity index (χ0n) is 29.7. The van der Waals surface area contributed by atoms with Gasteiger partial charge >= 0.3 is 0 Å². The van der Waals surface area contributed by atoms with E-state index in [1.54, 1.807) is 12.1 Å². The number of ketones is 2. The van der Waals surface area contributed by atoms with E-state index in [0.717, 1.165) is 37.1 Å². The molecule has 4 heteroatoms. The lowest BCUT2D eigenvalue weighted by atomic mass is 9.84. The van der Waals surface area contributed by atoms with Crippen LogP contribution in [0.1, 0.15) is 89.9 Å². The molecular weight excluding hydrogens is 661 g/mol. The summed E-state index contributed by atoms with van der Waals surface area (Å²) in [5, 5.41) is 0. The van der Waals surface area contributed by atoms with Crippen LogP contribution in [0.2, 0.25) is 0 Å². The third kappa shape index (κ3) is 7.54. The minimum Gasteiger partial charge on any atom is -0.289 e. The Balaban J connectivity index is 1.07. The minimum absolute atomic E-state index is 0.0619. The lowest BCUT2D eigenvalue weighted by Gasteiger charge is -2.22. The molecule has 0 spiro atoms. The van der Waals surface area contributed by atoms with Crippen LogP contribution in [0.4, 0.5) is 0 Å². The molecule has 1 aliphatic carbocycles. The van der Waals surface area contributed by atoms with Gasteiger partial charge in [-0.1, -0.05) is 161 Å². The maximum atomic E-state index is 14.1. The van der Waals surface area contributed by atoms with E-state index in [1.165, 1.54) is 65.0 Å². The molecule has 0 saturated carbocycles. The van der Waals surface area contributed by atoms with E-state index in [9.17, 15) is 9.59 Å². The Labute approximate surface area is 310 Å². The molecule has 0 heterocycles. The van der Waals surface area contributed by atoms with E-state index in [0.29, 0.717) is 22.3 Å². The van der Waals surface area contributed by atoms with Gasteiger partial charge in [0.05, 0.1) is 0 Å². The number of hydrogen-bond acceptors (Lipinski definition) is 4. The summed E-state index contributed by atoms with van der Waals surface area (Å²) in [7, 11) is 0. The summed E-state index contributed by atoms with van der Waals surface area (Å²) in [5.74, 6) is -0.200. The average molecular weight is 703 g/mol. The number of benzene rings is 6. The van der Waals surface area contributed by atoms with Crippen molar-refractivity contribution in [2.45, 2.75) is 78.4 Å². The second-order valence-corrected chi connectivity index (χ2v) is 16.5. The van der Waals surface area contributed by atoms with Gasteiger partial charge in [-0.15, -0.1) is 0 Å². The molecule has 0 atom stereocenters. The summed E-state index contributed by atoms with van der Waals surface area (Å²) in [5.41, 5.74) is 9.37. The summed E-state index contributed by atoms with van der Waals surface area (Å²) in [6, 6.07) is 45.8. The molecule has 7 rings (SSSR count). The van der Waals surface area contributed by atoms with E-state index in [1.807, 2.05) is 24.3 Å². The standard InChI is InChI=1S/C47H42O2S2/c1-5-6-7-10-31-15-17-32(18-16-31)33-19-21-34(22-20-33)35-23-27-37(28-24-35)50-41-13-8-11-39-43(41)45(48)40-12-9-14-42(44(40)46(39)49)51-38-29-25-36(26-30-38)47(2,3)4/h8-9,11-30H,5-7,10H2,1-4H3. The van der Waals surface area contributed by atoms with Crippen molar-refractivity contribution < 1.29 is 9.59 Å². The summed E-state index contributed by atoms with van der Waals surface area (Å²) in [4.78, 5) is 31.8.